The molecule has 0 spiro atoms. The number of nitrogens with zero attached hydrogens (tertiary/aromatic N) is 3. The van der Waals surface area contributed by atoms with E-state index in [1.165, 1.54) is 16.7 Å². The van der Waals surface area contributed by atoms with E-state index in [2.05, 4.69) is 34.1 Å². The molecule has 5 heteroatoms. The zero-order chi connectivity index (χ0) is 17.9. The van der Waals surface area contributed by atoms with Crippen molar-refractivity contribution in [3.63, 3.8) is 0 Å². The van der Waals surface area contributed by atoms with Gasteiger partial charge in [0.25, 0.3) is 0 Å². The van der Waals surface area contributed by atoms with Crippen LogP contribution < -0.4 is 0 Å². The number of hydrogen-bond donors (Lipinski definition) is 0. The average molecular weight is 351 g/mol. The highest BCUT2D eigenvalue weighted by atomic mass is 16.6. The van der Waals surface area contributed by atoms with Gasteiger partial charge in [0.1, 0.15) is 6.73 Å². The number of ether oxygens (including phenoxy) is 1. The first-order chi connectivity index (χ1) is 12.7. The molecule has 1 atom stereocenters. The Bertz CT molecular complexity index is 792. The first kappa shape index (κ1) is 17.0. The number of carbonyl (C=O) groups is 1. The summed E-state index contributed by atoms with van der Waals surface area (Å²) in [4.78, 5) is 21.0. The molecule has 0 unspecified atom stereocenters. The van der Waals surface area contributed by atoms with Crippen LogP contribution in [0.25, 0.3) is 0 Å². The van der Waals surface area contributed by atoms with E-state index in [1.54, 1.807) is 4.90 Å². The fourth-order valence-electron chi connectivity index (χ4n) is 4.00. The molecule has 0 saturated heterocycles. The fraction of sp³-hybridized carbons (Fsp3) is 0.429. The lowest BCUT2D eigenvalue weighted by molar-refractivity contribution is 0.0305. The van der Waals surface area contributed by atoms with E-state index < -0.39 is 0 Å². The van der Waals surface area contributed by atoms with E-state index in [4.69, 9.17) is 4.74 Å². The highest BCUT2D eigenvalue weighted by Crippen LogP contribution is 2.31. The normalized spacial score (nSPS) is 19.0. The lowest BCUT2D eigenvalue weighted by Gasteiger charge is -2.33. The summed E-state index contributed by atoms with van der Waals surface area (Å²) >= 11 is 0. The van der Waals surface area contributed by atoms with Gasteiger partial charge in [-0.25, -0.2) is 4.79 Å². The summed E-state index contributed by atoms with van der Waals surface area (Å²) in [5.74, 6) is 0. The molecular formula is C21H25N3O2. The zero-order valence-electron chi connectivity index (χ0n) is 15.2. The van der Waals surface area contributed by atoms with Crippen molar-refractivity contribution in [2.24, 2.45) is 0 Å². The lowest BCUT2D eigenvalue weighted by atomic mass is 9.91. The van der Waals surface area contributed by atoms with Crippen LogP contribution in [0.15, 0.2) is 42.6 Å². The summed E-state index contributed by atoms with van der Waals surface area (Å²) in [6.45, 7) is 1.64. The molecule has 1 aromatic heterocycles. The Balaban J connectivity index is 1.35. The number of benzene rings is 1. The number of carbonyl (C=O) groups excluding carboxylic acids is 1. The number of aromatic nitrogens is 1. The first-order valence-electron chi connectivity index (χ1n) is 9.35. The average Bonchev–Trinajstić information content (AvgIpc) is 2.71. The van der Waals surface area contributed by atoms with Gasteiger partial charge in [-0.3, -0.25) is 9.88 Å². The Morgan fingerprint density at radius 2 is 2.00 bits per heavy atom. The van der Waals surface area contributed by atoms with Crippen molar-refractivity contribution in [3.05, 3.63) is 65.0 Å². The smallest absolute Gasteiger partial charge is 0.411 e. The molecule has 1 aromatic carbocycles. The van der Waals surface area contributed by atoms with E-state index in [9.17, 15) is 4.79 Å². The van der Waals surface area contributed by atoms with E-state index in [0.717, 1.165) is 31.4 Å². The van der Waals surface area contributed by atoms with Crippen LogP contribution in [-0.2, 0) is 24.1 Å². The molecule has 0 saturated carbocycles. The van der Waals surface area contributed by atoms with Gasteiger partial charge in [0, 0.05) is 19.3 Å². The van der Waals surface area contributed by atoms with Crippen molar-refractivity contribution in [1.82, 2.24) is 14.8 Å². The van der Waals surface area contributed by atoms with Crippen LogP contribution in [-0.4, -0.2) is 41.2 Å². The monoisotopic (exact) mass is 351 g/mol. The molecule has 0 N–H and O–H groups in total. The van der Waals surface area contributed by atoms with Crippen LogP contribution >= 0.6 is 0 Å². The Morgan fingerprint density at radius 3 is 2.88 bits per heavy atom. The van der Waals surface area contributed by atoms with Crippen molar-refractivity contribution in [2.45, 2.75) is 38.3 Å². The first-order valence-corrected chi connectivity index (χ1v) is 9.35. The van der Waals surface area contributed by atoms with Crippen molar-refractivity contribution < 1.29 is 9.53 Å². The second kappa shape index (κ2) is 7.46. The second-order valence-corrected chi connectivity index (χ2v) is 7.19. The van der Waals surface area contributed by atoms with Gasteiger partial charge in [-0.2, -0.15) is 0 Å². The standard InChI is InChI=1S/C21H25N3O2/c1-23(19-10-4-8-17-9-5-12-22-20(17)19)15-26-21(25)24-13-11-16-6-2-3-7-18(16)14-24/h2-3,5-7,9,12,19H,4,8,10-11,13-15H2,1H3/t19-/m0/s1. The summed E-state index contributed by atoms with van der Waals surface area (Å²) in [5.41, 5.74) is 4.99. The Kier molecular flexibility index (Phi) is 4.89. The van der Waals surface area contributed by atoms with Crippen molar-refractivity contribution in [1.29, 1.82) is 0 Å². The largest absolute Gasteiger partial charge is 0.433 e. The van der Waals surface area contributed by atoms with Crippen molar-refractivity contribution in [2.75, 3.05) is 20.3 Å². The lowest BCUT2D eigenvalue weighted by Crippen LogP contribution is -2.39. The minimum absolute atomic E-state index is 0.217. The van der Waals surface area contributed by atoms with Gasteiger partial charge in [-0.1, -0.05) is 30.3 Å². The molecular weight excluding hydrogens is 326 g/mol. The van der Waals surface area contributed by atoms with Crippen LogP contribution in [0.2, 0.25) is 0 Å². The van der Waals surface area contributed by atoms with Crippen LogP contribution in [0.1, 0.15) is 41.3 Å². The summed E-state index contributed by atoms with van der Waals surface area (Å²) < 4.78 is 5.61. The number of fused-ring (bicyclic) bond motifs is 2. The van der Waals surface area contributed by atoms with Crippen LogP contribution in [0.4, 0.5) is 4.79 Å². The van der Waals surface area contributed by atoms with Gasteiger partial charge in [0.05, 0.1) is 11.7 Å². The number of aryl methyl sites for hydroxylation is 1. The summed E-state index contributed by atoms with van der Waals surface area (Å²) in [7, 11) is 2.01. The van der Waals surface area contributed by atoms with Gasteiger partial charge in [-0.05, 0) is 55.5 Å². The van der Waals surface area contributed by atoms with Crippen LogP contribution in [0, 0.1) is 0 Å². The number of amides is 1. The van der Waals surface area contributed by atoms with Gasteiger partial charge in [0.15, 0.2) is 0 Å². The van der Waals surface area contributed by atoms with Crippen molar-refractivity contribution in [3.8, 4) is 0 Å². The van der Waals surface area contributed by atoms with Gasteiger partial charge < -0.3 is 9.64 Å². The predicted molar refractivity (Wildman–Crippen MR) is 99.6 cm³/mol. The molecule has 2 aromatic rings. The molecule has 5 nitrogen and oxygen atoms in total. The topological polar surface area (TPSA) is 45.7 Å². The van der Waals surface area contributed by atoms with Gasteiger partial charge in [0.2, 0.25) is 0 Å². The summed E-state index contributed by atoms with van der Waals surface area (Å²) in [6, 6.07) is 12.7. The SMILES string of the molecule is CN(COC(=O)N1CCc2ccccc2C1)[C@H]1CCCc2cccnc21. The van der Waals surface area contributed by atoms with E-state index in [1.807, 2.05) is 25.4 Å². The highest BCUT2D eigenvalue weighted by Gasteiger charge is 2.27. The molecule has 2 aliphatic rings. The molecule has 4 rings (SSSR count). The van der Waals surface area contributed by atoms with E-state index in [0.29, 0.717) is 13.1 Å². The molecule has 0 radical (unpaired) electrons. The van der Waals surface area contributed by atoms with Crippen LogP contribution in [0.5, 0.6) is 0 Å². The Morgan fingerprint density at radius 1 is 1.19 bits per heavy atom. The van der Waals surface area contributed by atoms with E-state index in [-0.39, 0.29) is 18.9 Å². The maximum Gasteiger partial charge on any atom is 0.411 e. The zero-order valence-corrected chi connectivity index (χ0v) is 15.2. The third-order valence-electron chi connectivity index (χ3n) is 5.48. The fourth-order valence-corrected chi connectivity index (χ4v) is 4.00. The number of rotatable bonds is 3. The third-order valence-corrected chi connectivity index (χ3v) is 5.48. The molecule has 0 bridgehead atoms. The van der Waals surface area contributed by atoms with E-state index >= 15 is 0 Å². The van der Waals surface area contributed by atoms with Crippen molar-refractivity contribution >= 4 is 6.09 Å². The summed E-state index contributed by atoms with van der Waals surface area (Å²) in [5, 5.41) is 0. The molecule has 2 heterocycles. The van der Waals surface area contributed by atoms with Crippen LogP contribution in [0.3, 0.4) is 0 Å². The quantitative estimate of drug-likeness (QED) is 0.794. The Labute approximate surface area is 154 Å². The molecule has 1 aliphatic carbocycles. The highest BCUT2D eigenvalue weighted by molar-refractivity contribution is 5.68. The molecule has 1 amide bonds. The second-order valence-electron chi connectivity index (χ2n) is 7.19. The van der Waals surface area contributed by atoms with Gasteiger partial charge in [-0.15, -0.1) is 0 Å². The Hall–Kier alpha value is -2.40. The molecule has 26 heavy (non-hydrogen) atoms. The molecule has 0 fully saturated rings. The predicted octanol–water partition coefficient (Wildman–Crippen LogP) is 3.54. The minimum atomic E-state index is -0.233. The minimum Gasteiger partial charge on any atom is -0.433 e. The third kappa shape index (κ3) is 3.44. The maximum atomic E-state index is 12.5. The summed E-state index contributed by atoms with van der Waals surface area (Å²) in [6.07, 6.45) is 5.78. The number of pyridine rings is 1. The van der Waals surface area contributed by atoms with Gasteiger partial charge >= 0.3 is 6.09 Å². The number of hydrogen-bond acceptors (Lipinski definition) is 4. The molecule has 136 valence electrons. The maximum absolute atomic E-state index is 12.5. The molecule has 1 aliphatic heterocycles.